The van der Waals surface area contributed by atoms with E-state index in [4.69, 9.17) is 0 Å². The lowest BCUT2D eigenvalue weighted by atomic mass is 9.78. The number of nitrogens with zero attached hydrogens (tertiary/aromatic N) is 4. The Hall–Kier alpha value is -3.20. The molecule has 0 spiro atoms. The van der Waals surface area contributed by atoms with Gasteiger partial charge >= 0.3 is 6.18 Å². The SMILES string of the molecule is Cn1c(=O)ccc2ccc(CN3CCC(CC4CC4)(C(=O)N4CC(c5cc(C(F)(F)F)ccn5)C4)C3)cc21. The van der Waals surface area contributed by atoms with Gasteiger partial charge in [-0.3, -0.25) is 19.5 Å². The first kappa shape index (κ1) is 25.1. The third kappa shape index (κ3) is 4.72. The van der Waals surface area contributed by atoms with E-state index in [1.807, 2.05) is 17.0 Å². The van der Waals surface area contributed by atoms with Crippen molar-refractivity contribution in [3.8, 4) is 0 Å². The van der Waals surface area contributed by atoms with Crippen molar-refractivity contribution < 1.29 is 18.0 Å². The Balaban J connectivity index is 1.15. The molecule has 1 amide bonds. The lowest BCUT2D eigenvalue weighted by Gasteiger charge is -2.44. The molecule has 1 saturated carbocycles. The molecule has 9 heteroatoms. The van der Waals surface area contributed by atoms with Gasteiger partial charge < -0.3 is 9.47 Å². The van der Waals surface area contributed by atoms with E-state index in [9.17, 15) is 22.8 Å². The third-order valence-corrected chi connectivity index (χ3v) is 8.56. The Bertz CT molecular complexity index is 1440. The number of aromatic nitrogens is 2. The predicted molar refractivity (Wildman–Crippen MR) is 137 cm³/mol. The zero-order valence-electron chi connectivity index (χ0n) is 21.4. The average Bonchev–Trinajstić information content (AvgIpc) is 3.58. The number of halogens is 3. The quantitative estimate of drug-likeness (QED) is 0.474. The van der Waals surface area contributed by atoms with Crippen LogP contribution in [0.3, 0.4) is 0 Å². The van der Waals surface area contributed by atoms with Crippen LogP contribution in [0.25, 0.3) is 10.9 Å². The van der Waals surface area contributed by atoms with Crippen LogP contribution in [0.15, 0.2) is 53.5 Å². The molecule has 3 aromatic rings. The molecule has 200 valence electrons. The standard InChI is InChI=1S/C29H31F3N4O2/c1-34-25-12-20(4-5-21(25)6-7-26(34)37)15-35-11-9-28(18-35,14-19-2-3-19)27(38)36-16-22(17-36)24-13-23(8-10-33-24)29(30,31)32/h4-8,10,12-13,19,22H,2-3,9,11,14-18H2,1H3. The van der Waals surface area contributed by atoms with Crippen LogP contribution in [0.1, 0.15) is 48.4 Å². The van der Waals surface area contributed by atoms with Crippen LogP contribution in [0.2, 0.25) is 0 Å². The number of hydrogen-bond donors (Lipinski definition) is 0. The Morgan fingerprint density at radius 2 is 1.87 bits per heavy atom. The van der Waals surface area contributed by atoms with Gasteiger partial charge in [-0.25, -0.2) is 0 Å². The van der Waals surface area contributed by atoms with Gasteiger partial charge in [0.15, 0.2) is 0 Å². The lowest BCUT2D eigenvalue weighted by Crippen LogP contribution is -2.55. The van der Waals surface area contributed by atoms with Crippen LogP contribution in [-0.4, -0.2) is 51.4 Å². The summed E-state index contributed by atoms with van der Waals surface area (Å²) in [4.78, 5) is 34.2. The van der Waals surface area contributed by atoms with Crippen LogP contribution in [0.5, 0.6) is 0 Å². The van der Waals surface area contributed by atoms with Gasteiger partial charge in [0.2, 0.25) is 5.91 Å². The molecule has 3 aliphatic rings. The zero-order chi connectivity index (χ0) is 26.7. The zero-order valence-corrected chi connectivity index (χ0v) is 21.4. The van der Waals surface area contributed by atoms with Gasteiger partial charge in [0.1, 0.15) is 0 Å². The van der Waals surface area contributed by atoms with Crippen molar-refractivity contribution in [1.82, 2.24) is 19.4 Å². The minimum Gasteiger partial charge on any atom is -0.341 e. The fourth-order valence-corrected chi connectivity index (χ4v) is 6.18. The van der Waals surface area contributed by atoms with Crippen molar-refractivity contribution in [1.29, 1.82) is 0 Å². The maximum atomic E-state index is 13.8. The van der Waals surface area contributed by atoms with Crippen molar-refractivity contribution in [2.24, 2.45) is 18.4 Å². The van der Waals surface area contributed by atoms with Gasteiger partial charge in [-0.2, -0.15) is 13.2 Å². The van der Waals surface area contributed by atoms with Crippen LogP contribution >= 0.6 is 0 Å². The summed E-state index contributed by atoms with van der Waals surface area (Å²) < 4.78 is 41.1. The summed E-state index contributed by atoms with van der Waals surface area (Å²) in [7, 11) is 1.78. The number of pyridine rings is 2. The normalized spacial score (nSPS) is 22.7. The lowest BCUT2D eigenvalue weighted by molar-refractivity contribution is -0.147. The molecule has 2 aromatic heterocycles. The van der Waals surface area contributed by atoms with E-state index in [2.05, 4.69) is 22.0 Å². The summed E-state index contributed by atoms with van der Waals surface area (Å²) in [5.41, 5.74) is 1.21. The van der Waals surface area contributed by atoms with E-state index in [-0.39, 0.29) is 17.4 Å². The van der Waals surface area contributed by atoms with Crippen molar-refractivity contribution >= 4 is 16.8 Å². The Labute approximate surface area is 219 Å². The minimum atomic E-state index is -4.40. The molecule has 6 nitrogen and oxygen atoms in total. The van der Waals surface area contributed by atoms with Gasteiger partial charge in [-0.15, -0.1) is 0 Å². The van der Waals surface area contributed by atoms with Crippen molar-refractivity contribution in [2.45, 2.75) is 44.3 Å². The van der Waals surface area contributed by atoms with Crippen molar-refractivity contribution in [3.05, 3.63) is 75.8 Å². The molecule has 2 saturated heterocycles. The highest BCUT2D eigenvalue weighted by Gasteiger charge is 2.51. The molecule has 6 rings (SSSR count). The van der Waals surface area contributed by atoms with Crippen LogP contribution < -0.4 is 5.56 Å². The van der Waals surface area contributed by atoms with E-state index < -0.39 is 17.2 Å². The van der Waals surface area contributed by atoms with Crippen molar-refractivity contribution in [2.75, 3.05) is 26.2 Å². The van der Waals surface area contributed by atoms with Gasteiger partial charge in [0.05, 0.1) is 16.5 Å². The number of carbonyl (C=O) groups excluding carboxylic acids is 1. The summed E-state index contributed by atoms with van der Waals surface area (Å²) in [6.45, 7) is 3.03. The number of hydrogen-bond acceptors (Lipinski definition) is 4. The molecule has 3 fully saturated rings. The summed E-state index contributed by atoms with van der Waals surface area (Å²) in [6, 6.07) is 11.7. The average molecular weight is 525 g/mol. The number of rotatable bonds is 6. The van der Waals surface area contributed by atoms with Crippen LogP contribution in [-0.2, 0) is 24.6 Å². The maximum absolute atomic E-state index is 13.8. The maximum Gasteiger partial charge on any atom is 0.416 e. The molecule has 1 aromatic carbocycles. The smallest absolute Gasteiger partial charge is 0.341 e. The Kier molecular flexibility index (Phi) is 6.09. The molecule has 1 aliphatic carbocycles. The molecular formula is C29H31F3N4O2. The first-order valence-corrected chi connectivity index (χ1v) is 13.2. The predicted octanol–water partition coefficient (Wildman–Crippen LogP) is 4.57. The number of benzene rings is 1. The first-order chi connectivity index (χ1) is 18.1. The van der Waals surface area contributed by atoms with Crippen LogP contribution in [0, 0.1) is 11.3 Å². The summed E-state index contributed by atoms with van der Waals surface area (Å²) in [5, 5.41) is 1.01. The fourth-order valence-electron chi connectivity index (χ4n) is 6.18. The molecule has 0 N–H and O–H groups in total. The molecule has 0 radical (unpaired) electrons. The highest BCUT2D eigenvalue weighted by molar-refractivity contribution is 5.84. The fraction of sp³-hybridized carbons (Fsp3) is 0.483. The highest BCUT2D eigenvalue weighted by atomic mass is 19.4. The van der Waals surface area contributed by atoms with Gasteiger partial charge in [-0.1, -0.05) is 25.0 Å². The molecule has 4 heterocycles. The molecule has 0 bridgehead atoms. The van der Waals surface area contributed by atoms with Gasteiger partial charge in [-0.05, 0) is 60.5 Å². The van der Waals surface area contributed by atoms with Crippen molar-refractivity contribution in [3.63, 3.8) is 0 Å². The summed E-state index contributed by atoms with van der Waals surface area (Å²) >= 11 is 0. The number of aryl methyl sites for hydroxylation is 1. The van der Waals surface area contributed by atoms with E-state index >= 15 is 0 Å². The Morgan fingerprint density at radius 1 is 1.11 bits per heavy atom. The van der Waals surface area contributed by atoms with E-state index in [1.165, 1.54) is 6.20 Å². The minimum absolute atomic E-state index is 0.0435. The largest absolute Gasteiger partial charge is 0.416 e. The van der Waals surface area contributed by atoms with Crippen LogP contribution in [0.4, 0.5) is 13.2 Å². The van der Waals surface area contributed by atoms with E-state index in [0.717, 1.165) is 60.8 Å². The number of amides is 1. The molecule has 1 unspecified atom stereocenters. The number of carbonyl (C=O) groups is 1. The van der Waals surface area contributed by atoms with Gasteiger partial charge in [0, 0.05) is 57.1 Å². The highest BCUT2D eigenvalue weighted by Crippen LogP contribution is 2.47. The van der Waals surface area contributed by atoms with E-state index in [1.54, 1.807) is 17.7 Å². The second kappa shape index (κ2) is 9.22. The monoisotopic (exact) mass is 524 g/mol. The number of alkyl halides is 3. The number of likely N-dealkylation sites (tertiary alicyclic amines) is 2. The number of fused-ring (bicyclic) bond motifs is 1. The Morgan fingerprint density at radius 3 is 2.61 bits per heavy atom. The second-order valence-corrected chi connectivity index (χ2v) is 11.4. The van der Waals surface area contributed by atoms with Gasteiger partial charge in [0.25, 0.3) is 5.56 Å². The second-order valence-electron chi connectivity index (χ2n) is 11.4. The first-order valence-electron chi connectivity index (χ1n) is 13.2. The summed E-state index contributed by atoms with van der Waals surface area (Å²) in [5.74, 6) is 0.549. The summed E-state index contributed by atoms with van der Waals surface area (Å²) in [6.07, 6.45) is 0.777. The molecule has 1 atom stereocenters. The molecular weight excluding hydrogens is 493 g/mol. The third-order valence-electron chi connectivity index (χ3n) is 8.56. The molecule has 38 heavy (non-hydrogen) atoms. The topological polar surface area (TPSA) is 58.4 Å². The molecule has 2 aliphatic heterocycles. The van der Waals surface area contributed by atoms with E-state index in [0.29, 0.717) is 37.8 Å².